The molecule has 0 saturated heterocycles. The molecule has 0 heterocycles. The molecule has 0 amide bonds. The maximum Gasteiger partial charge on any atom is 0.340 e. The van der Waals surface area contributed by atoms with Gasteiger partial charge in [-0.1, -0.05) is 22.8 Å². The molecule has 0 bridgehead atoms. The van der Waals surface area contributed by atoms with Crippen molar-refractivity contribution in [1.29, 1.82) is 0 Å². The van der Waals surface area contributed by atoms with Crippen molar-refractivity contribution in [1.82, 2.24) is 0 Å². The minimum atomic E-state index is -0.789. The average Bonchev–Trinajstić information content (AvgIpc) is 2.32. The van der Waals surface area contributed by atoms with Crippen molar-refractivity contribution in [2.24, 2.45) is 5.11 Å². The summed E-state index contributed by atoms with van der Waals surface area (Å²) in [5, 5.41) is 3.08. The predicted octanol–water partition coefficient (Wildman–Crippen LogP) is 3.30. The Morgan fingerprint density at radius 2 is 2.35 bits per heavy atom. The highest BCUT2D eigenvalue weighted by molar-refractivity contribution is 6.30. The number of esters is 1. The zero-order valence-corrected chi connectivity index (χ0v) is 9.48. The Kier molecular flexibility index (Phi) is 4.51. The maximum absolute atomic E-state index is 12.9. The van der Waals surface area contributed by atoms with Crippen molar-refractivity contribution in [2.75, 3.05) is 7.11 Å². The Morgan fingerprint density at radius 3 is 2.88 bits per heavy atom. The van der Waals surface area contributed by atoms with Gasteiger partial charge in [-0.05, 0) is 29.3 Å². The van der Waals surface area contributed by atoms with Crippen LogP contribution in [-0.4, -0.2) is 13.1 Å². The Balaban J connectivity index is 3.17. The van der Waals surface area contributed by atoms with Crippen molar-refractivity contribution in [2.45, 2.75) is 0 Å². The Morgan fingerprint density at radius 1 is 1.65 bits per heavy atom. The monoisotopic (exact) mass is 255 g/mol. The molecule has 5 nitrogen and oxygen atoms in total. The molecule has 0 atom stereocenters. The van der Waals surface area contributed by atoms with Gasteiger partial charge in [-0.3, -0.25) is 0 Å². The first-order valence-corrected chi connectivity index (χ1v) is 4.76. The van der Waals surface area contributed by atoms with Gasteiger partial charge < -0.3 is 4.74 Å². The standard InChI is InChI=1S/C10H7ClFN3O2/c1-17-10(16)9(14-15-13)5-6-2-3-8(12)7(11)4-6/h2-5H,1H3. The van der Waals surface area contributed by atoms with Gasteiger partial charge in [0, 0.05) is 4.91 Å². The van der Waals surface area contributed by atoms with Crippen LogP contribution in [0.5, 0.6) is 0 Å². The van der Waals surface area contributed by atoms with Gasteiger partial charge in [-0.2, -0.15) is 0 Å². The molecule has 0 fully saturated rings. The second kappa shape index (κ2) is 5.89. The number of rotatable bonds is 3. The lowest BCUT2D eigenvalue weighted by Gasteiger charge is -2.00. The lowest BCUT2D eigenvalue weighted by atomic mass is 10.2. The number of nitrogens with zero attached hydrogens (tertiary/aromatic N) is 3. The predicted molar refractivity (Wildman–Crippen MR) is 60.5 cm³/mol. The van der Waals surface area contributed by atoms with E-state index in [0.29, 0.717) is 5.56 Å². The van der Waals surface area contributed by atoms with E-state index < -0.39 is 11.8 Å². The first kappa shape index (κ1) is 13.0. The van der Waals surface area contributed by atoms with Gasteiger partial charge in [-0.15, -0.1) is 0 Å². The van der Waals surface area contributed by atoms with E-state index in [9.17, 15) is 9.18 Å². The number of halogens is 2. The van der Waals surface area contributed by atoms with Gasteiger partial charge in [0.15, 0.2) is 0 Å². The van der Waals surface area contributed by atoms with E-state index in [0.717, 1.165) is 13.2 Å². The molecule has 0 aliphatic rings. The number of carbonyl (C=O) groups is 1. The number of hydrogen-bond donors (Lipinski definition) is 0. The van der Waals surface area contributed by atoms with Crippen LogP contribution < -0.4 is 0 Å². The van der Waals surface area contributed by atoms with Crippen molar-refractivity contribution >= 4 is 23.6 Å². The van der Waals surface area contributed by atoms with E-state index in [4.69, 9.17) is 17.1 Å². The molecule has 0 spiro atoms. The molecular weight excluding hydrogens is 249 g/mol. The molecule has 0 radical (unpaired) electrons. The summed E-state index contributed by atoms with van der Waals surface area (Å²) >= 11 is 5.56. The van der Waals surface area contributed by atoms with Crippen LogP contribution in [0.4, 0.5) is 4.39 Å². The molecule has 1 rings (SSSR count). The summed E-state index contributed by atoms with van der Waals surface area (Å²) in [5.74, 6) is -1.37. The summed E-state index contributed by atoms with van der Waals surface area (Å²) in [6, 6.07) is 3.82. The highest BCUT2D eigenvalue weighted by Crippen LogP contribution is 2.18. The smallest absolute Gasteiger partial charge is 0.340 e. The van der Waals surface area contributed by atoms with Crippen LogP contribution in [0, 0.1) is 5.82 Å². The minimum Gasteiger partial charge on any atom is -0.466 e. The average molecular weight is 256 g/mol. The zero-order chi connectivity index (χ0) is 12.8. The zero-order valence-electron chi connectivity index (χ0n) is 8.72. The number of benzene rings is 1. The lowest BCUT2D eigenvalue weighted by Crippen LogP contribution is -2.01. The summed E-state index contributed by atoms with van der Waals surface area (Å²) in [6.07, 6.45) is 1.25. The second-order valence-electron chi connectivity index (χ2n) is 2.88. The Labute approximate surface area is 101 Å². The van der Waals surface area contributed by atoms with Gasteiger partial charge in [0.25, 0.3) is 0 Å². The SMILES string of the molecule is COC(=O)C(=Cc1ccc(F)c(Cl)c1)N=[N+]=[N-]. The molecule has 1 aromatic rings. The van der Waals surface area contributed by atoms with Crippen molar-refractivity contribution in [3.8, 4) is 0 Å². The number of ether oxygens (including phenoxy) is 1. The summed E-state index contributed by atoms with van der Waals surface area (Å²) < 4.78 is 17.3. The summed E-state index contributed by atoms with van der Waals surface area (Å²) in [7, 11) is 1.15. The molecule has 0 aliphatic heterocycles. The topological polar surface area (TPSA) is 75.1 Å². The molecule has 7 heteroatoms. The second-order valence-corrected chi connectivity index (χ2v) is 3.29. The van der Waals surface area contributed by atoms with E-state index >= 15 is 0 Å². The Bertz CT molecular complexity index is 524. The number of methoxy groups -OCH3 is 1. The minimum absolute atomic E-state index is 0.0936. The van der Waals surface area contributed by atoms with E-state index in [2.05, 4.69) is 14.8 Å². The van der Waals surface area contributed by atoms with E-state index in [1.807, 2.05) is 0 Å². The highest BCUT2D eigenvalue weighted by atomic mass is 35.5. The molecule has 0 unspecified atom stereocenters. The fourth-order valence-electron chi connectivity index (χ4n) is 1.04. The molecule has 88 valence electrons. The van der Waals surface area contributed by atoms with E-state index in [1.54, 1.807) is 0 Å². The normalized spacial score (nSPS) is 10.6. The first-order valence-electron chi connectivity index (χ1n) is 4.38. The molecule has 17 heavy (non-hydrogen) atoms. The fraction of sp³-hybridized carbons (Fsp3) is 0.100. The Hall–Kier alpha value is -2.04. The molecular formula is C10H7ClFN3O2. The summed E-state index contributed by atoms with van der Waals surface area (Å²) in [5.41, 5.74) is 8.46. The number of hydrogen-bond acceptors (Lipinski definition) is 3. The van der Waals surface area contributed by atoms with Crippen LogP contribution in [0.15, 0.2) is 29.0 Å². The maximum atomic E-state index is 12.9. The third-order valence-corrected chi connectivity index (χ3v) is 2.08. The molecule has 0 aromatic heterocycles. The van der Waals surface area contributed by atoms with Gasteiger partial charge in [0.05, 0.1) is 12.1 Å². The third kappa shape index (κ3) is 3.48. The third-order valence-electron chi connectivity index (χ3n) is 1.79. The molecule has 0 N–H and O–H groups in total. The van der Waals surface area contributed by atoms with E-state index in [-0.39, 0.29) is 10.7 Å². The van der Waals surface area contributed by atoms with Gasteiger partial charge in [0.1, 0.15) is 11.5 Å². The van der Waals surface area contributed by atoms with Gasteiger partial charge in [-0.25, -0.2) is 9.18 Å². The van der Waals surface area contributed by atoms with Crippen LogP contribution in [0.2, 0.25) is 5.02 Å². The lowest BCUT2D eigenvalue weighted by molar-refractivity contribution is -0.136. The summed E-state index contributed by atoms with van der Waals surface area (Å²) in [6.45, 7) is 0. The van der Waals surface area contributed by atoms with Crippen LogP contribution in [0.25, 0.3) is 16.5 Å². The first-order chi connectivity index (χ1) is 8.08. The highest BCUT2D eigenvalue weighted by Gasteiger charge is 2.08. The quantitative estimate of drug-likeness (QED) is 0.273. The van der Waals surface area contributed by atoms with Crippen LogP contribution in [0.3, 0.4) is 0 Å². The van der Waals surface area contributed by atoms with E-state index in [1.165, 1.54) is 18.2 Å². The fourth-order valence-corrected chi connectivity index (χ4v) is 1.23. The molecule has 1 aromatic carbocycles. The largest absolute Gasteiger partial charge is 0.466 e. The summed E-state index contributed by atoms with van der Waals surface area (Å²) in [4.78, 5) is 13.7. The van der Waals surface area contributed by atoms with Crippen molar-refractivity contribution in [3.05, 3.63) is 50.7 Å². The number of carbonyl (C=O) groups excluding carboxylic acids is 1. The number of azide groups is 1. The molecule has 0 aliphatic carbocycles. The van der Waals surface area contributed by atoms with Gasteiger partial charge >= 0.3 is 5.97 Å². The van der Waals surface area contributed by atoms with Crippen molar-refractivity contribution in [3.63, 3.8) is 0 Å². The molecule has 0 saturated carbocycles. The van der Waals surface area contributed by atoms with Crippen LogP contribution in [-0.2, 0) is 9.53 Å². The van der Waals surface area contributed by atoms with Gasteiger partial charge in [0.2, 0.25) is 0 Å². The van der Waals surface area contributed by atoms with Crippen molar-refractivity contribution < 1.29 is 13.9 Å². The van der Waals surface area contributed by atoms with Crippen LogP contribution >= 0.6 is 11.6 Å². The van der Waals surface area contributed by atoms with Crippen LogP contribution in [0.1, 0.15) is 5.56 Å².